The maximum atomic E-state index is 11.9. The second-order valence-electron chi connectivity index (χ2n) is 3.92. The molecule has 2 rings (SSSR count). The fraction of sp³-hybridized carbons (Fsp3) is 0.500. The predicted octanol–water partition coefficient (Wildman–Crippen LogP) is -0.240. The Labute approximate surface area is 93.0 Å². The first-order valence-electron chi connectivity index (χ1n) is 5.22. The number of aromatic nitrogens is 2. The van der Waals surface area contributed by atoms with Gasteiger partial charge < -0.3 is 10.2 Å². The fourth-order valence-corrected chi connectivity index (χ4v) is 1.90. The third-order valence-electron chi connectivity index (χ3n) is 2.63. The Bertz CT molecular complexity index is 388. The van der Waals surface area contributed by atoms with Crippen molar-refractivity contribution >= 4 is 11.8 Å². The van der Waals surface area contributed by atoms with E-state index < -0.39 is 0 Å². The Kier molecular flexibility index (Phi) is 2.89. The van der Waals surface area contributed by atoms with E-state index in [-0.39, 0.29) is 17.9 Å². The highest BCUT2D eigenvalue weighted by molar-refractivity contribution is 5.93. The van der Waals surface area contributed by atoms with E-state index in [1.54, 1.807) is 11.1 Å². The van der Waals surface area contributed by atoms with Crippen LogP contribution in [0.4, 0.5) is 0 Å². The maximum Gasteiger partial charge on any atom is 0.257 e. The molecule has 1 aromatic heterocycles. The number of nitrogens with one attached hydrogen (secondary N) is 2. The van der Waals surface area contributed by atoms with E-state index in [1.165, 1.54) is 13.1 Å². The average molecular weight is 222 g/mol. The number of likely N-dealkylation sites (tertiary alicyclic amines) is 1. The minimum absolute atomic E-state index is 0.0402. The quantitative estimate of drug-likeness (QED) is 0.725. The molecule has 0 spiro atoms. The number of nitrogens with zero attached hydrogens (tertiary/aromatic N) is 2. The lowest BCUT2D eigenvalue weighted by Gasteiger charge is -2.15. The molecule has 0 bridgehead atoms. The molecule has 86 valence electrons. The van der Waals surface area contributed by atoms with Gasteiger partial charge in [0.2, 0.25) is 5.91 Å². The Morgan fingerprint density at radius 1 is 1.62 bits per heavy atom. The molecule has 2 heterocycles. The molecule has 2 amide bonds. The molecular weight excluding hydrogens is 208 g/mol. The van der Waals surface area contributed by atoms with Gasteiger partial charge in [0.05, 0.1) is 11.8 Å². The van der Waals surface area contributed by atoms with E-state index >= 15 is 0 Å². The minimum Gasteiger partial charge on any atom is -0.352 e. The molecule has 6 heteroatoms. The van der Waals surface area contributed by atoms with Gasteiger partial charge in [-0.25, -0.2) is 0 Å². The highest BCUT2D eigenvalue weighted by atomic mass is 16.2. The van der Waals surface area contributed by atoms with Crippen molar-refractivity contribution < 1.29 is 9.59 Å². The van der Waals surface area contributed by atoms with Gasteiger partial charge in [-0.3, -0.25) is 14.7 Å². The van der Waals surface area contributed by atoms with E-state index in [1.807, 2.05) is 0 Å². The number of carbonyl (C=O) groups is 2. The number of amides is 2. The summed E-state index contributed by atoms with van der Waals surface area (Å²) in [5.74, 6) is -0.0933. The van der Waals surface area contributed by atoms with Crippen molar-refractivity contribution in [1.82, 2.24) is 20.4 Å². The topological polar surface area (TPSA) is 78.1 Å². The second kappa shape index (κ2) is 4.34. The smallest absolute Gasteiger partial charge is 0.257 e. The van der Waals surface area contributed by atoms with Crippen molar-refractivity contribution in [1.29, 1.82) is 0 Å². The fourth-order valence-electron chi connectivity index (χ4n) is 1.90. The molecule has 1 aliphatic rings. The lowest BCUT2D eigenvalue weighted by molar-refractivity contribution is -0.119. The monoisotopic (exact) mass is 222 g/mol. The first kappa shape index (κ1) is 10.7. The van der Waals surface area contributed by atoms with Crippen molar-refractivity contribution in [2.24, 2.45) is 0 Å². The Morgan fingerprint density at radius 3 is 3.06 bits per heavy atom. The first-order valence-corrected chi connectivity index (χ1v) is 5.22. The van der Waals surface area contributed by atoms with Crippen LogP contribution in [0.2, 0.25) is 0 Å². The number of rotatable bonds is 2. The lowest BCUT2D eigenvalue weighted by Crippen LogP contribution is -2.37. The van der Waals surface area contributed by atoms with Crippen molar-refractivity contribution in [2.45, 2.75) is 19.4 Å². The summed E-state index contributed by atoms with van der Waals surface area (Å²) in [6, 6.07) is 0.0772. The third kappa shape index (κ3) is 2.21. The number of hydrogen-bond acceptors (Lipinski definition) is 3. The number of H-pyrrole nitrogens is 1. The summed E-state index contributed by atoms with van der Waals surface area (Å²) in [5, 5.41) is 9.17. The van der Waals surface area contributed by atoms with Crippen LogP contribution in [0.3, 0.4) is 0 Å². The summed E-state index contributed by atoms with van der Waals surface area (Å²) in [6.07, 6.45) is 3.89. The molecule has 1 aromatic rings. The van der Waals surface area contributed by atoms with Crippen LogP contribution in [0.25, 0.3) is 0 Å². The highest BCUT2D eigenvalue weighted by Gasteiger charge is 2.27. The van der Waals surface area contributed by atoms with Gasteiger partial charge in [0.1, 0.15) is 0 Å². The van der Waals surface area contributed by atoms with Gasteiger partial charge in [0.15, 0.2) is 0 Å². The number of carbonyl (C=O) groups excluding carboxylic acids is 2. The van der Waals surface area contributed by atoms with Crippen LogP contribution in [0.15, 0.2) is 12.4 Å². The Hall–Kier alpha value is -1.85. The van der Waals surface area contributed by atoms with E-state index in [9.17, 15) is 9.59 Å². The molecule has 1 saturated heterocycles. The zero-order valence-corrected chi connectivity index (χ0v) is 9.06. The molecule has 0 aliphatic carbocycles. The molecule has 1 unspecified atom stereocenters. The number of hydrogen-bond donors (Lipinski definition) is 2. The Balaban J connectivity index is 1.94. The molecule has 1 atom stereocenters. The molecule has 0 radical (unpaired) electrons. The van der Waals surface area contributed by atoms with Gasteiger partial charge in [-0.05, 0) is 6.42 Å². The van der Waals surface area contributed by atoms with E-state index in [2.05, 4.69) is 15.5 Å². The van der Waals surface area contributed by atoms with Crippen LogP contribution in [0.5, 0.6) is 0 Å². The minimum atomic E-state index is -0.0531. The van der Waals surface area contributed by atoms with Gasteiger partial charge in [0, 0.05) is 32.3 Å². The highest BCUT2D eigenvalue weighted by Crippen LogP contribution is 2.12. The molecule has 1 aliphatic heterocycles. The third-order valence-corrected chi connectivity index (χ3v) is 2.63. The molecular formula is C10H14N4O2. The number of aromatic amines is 1. The lowest BCUT2D eigenvalue weighted by atomic mass is 10.2. The van der Waals surface area contributed by atoms with Crippen molar-refractivity contribution in [3.63, 3.8) is 0 Å². The summed E-state index contributed by atoms with van der Waals surface area (Å²) in [4.78, 5) is 24.5. The van der Waals surface area contributed by atoms with Gasteiger partial charge in [-0.1, -0.05) is 0 Å². The van der Waals surface area contributed by atoms with Crippen LogP contribution in [-0.2, 0) is 4.79 Å². The summed E-state index contributed by atoms with van der Waals surface area (Å²) in [6.45, 7) is 2.74. The van der Waals surface area contributed by atoms with Crippen molar-refractivity contribution in [3.05, 3.63) is 18.0 Å². The van der Waals surface area contributed by atoms with Gasteiger partial charge >= 0.3 is 0 Å². The van der Waals surface area contributed by atoms with E-state index in [0.717, 1.165) is 6.42 Å². The van der Waals surface area contributed by atoms with Gasteiger partial charge in [0.25, 0.3) is 5.91 Å². The molecule has 6 nitrogen and oxygen atoms in total. The predicted molar refractivity (Wildman–Crippen MR) is 56.7 cm³/mol. The maximum absolute atomic E-state index is 11.9. The van der Waals surface area contributed by atoms with Crippen molar-refractivity contribution in [3.8, 4) is 0 Å². The summed E-state index contributed by atoms with van der Waals surface area (Å²) in [7, 11) is 0. The zero-order valence-electron chi connectivity index (χ0n) is 9.06. The van der Waals surface area contributed by atoms with Crippen LogP contribution in [0.1, 0.15) is 23.7 Å². The van der Waals surface area contributed by atoms with Gasteiger partial charge in [-0.15, -0.1) is 0 Å². The summed E-state index contributed by atoms with van der Waals surface area (Å²) < 4.78 is 0. The zero-order chi connectivity index (χ0) is 11.5. The molecule has 1 fully saturated rings. The standard InChI is InChI=1S/C10H14N4O2/c1-7(15)13-9-2-3-14(6-9)10(16)8-4-11-12-5-8/h4-5,9H,2-3,6H2,1H3,(H,11,12)(H,13,15). The molecule has 0 aromatic carbocycles. The average Bonchev–Trinajstić information content (AvgIpc) is 2.84. The van der Waals surface area contributed by atoms with E-state index in [4.69, 9.17) is 0 Å². The first-order chi connectivity index (χ1) is 7.66. The molecule has 2 N–H and O–H groups in total. The summed E-state index contributed by atoms with van der Waals surface area (Å²) >= 11 is 0. The molecule has 16 heavy (non-hydrogen) atoms. The van der Waals surface area contributed by atoms with Crippen LogP contribution in [0, 0.1) is 0 Å². The SMILES string of the molecule is CC(=O)NC1CCN(C(=O)c2cn[nH]c2)C1. The normalized spacial score (nSPS) is 19.8. The summed E-state index contributed by atoms with van der Waals surface area (Å²) in [5.41, 5.74) is 0.559. The van der Waals surface area contributed by atoms with Crippen molar-refractivity contribution in [2.75, 3.05) is 13.1 Å². The Morgan fingerprint density at radius 2 is 2.44 bits per heavy atom. The second-order valence-corrected chi connectivity index (χ2v) is 3.92. The van der Waals surface area contributed by atoms with E-state index in [0.29, 0.717) is 18.7 Å². The molecule has 0 saturated carbocycles. The van der Waals surface area contributed by atoms with Gasteiger partial charge in [-0.2, -0.15) is 5.10 Å². The van der Waals surface area contributed by atoms with Crippen LogP contribution >= 0.6 is 0 Å². The van der Waals surface area contributed by atoms with Crippen LogP contribution in [-0.4, -0.2) is 46.0 Å². The van der Waals surface area contributed by atoms with Crippen LogP contribution < -0.4 is 5.32 Å². The largest absolute Gasteiger partial charge is 0.352 e.